The highest BCUT2D eigenvalue weighted by atomic mass is 16.4. The molecule has 0 spiro atoms. The first-order valence-corrected chi connectivity index (χ1v) is 7.31. The Morgan fingerprint density at radius 2 is 1.95 bits per heavy atom. The Morgan fingerprint density at radius 1 is 1.40 bits per heavy atom. The van der Waals surface area contributed by atoms with Crippen LogP contribution >= 0.6 is 0 Å². The van der Waals surface area contributed by atoms with Gasteiger partial charge in [-0.2, -0.15) is 0 Å². The van der Waals surface area contributed by atoms with E-state index in [2.05, 4.69) is 17.3 Å². The summed E-state index contributed by atoms with van der Waals surface area (Å²) in [6, 6.07) is -0.911. The van der Waals surface area contributed by atoms with Gasteiger partial charge in [0, 0.05) is 13.1 Å². The van der Waals surface area contributed by atoms with Crippen molar-refractivity contribution in [2.45, 2.75) is 45.2 Å². The summed E-state index contributed by atoms with van der Waals surface area (Å²) < 4.78 is 0. The fourth-order valence-electron chi connectivity index (χ4n) is 2.47. The van der Waals surface area contributed by atoms with Crippen LogP contribution in [0.25, 0.3) is 0 Å². The van der Waals surface area contributed by atoms with Crippen LogP contribution in [0.15, 0.2) is 0 Å². The molecule has 2 atom stereocenters. The molecule has 0 aromatic carbocycles. The maximum absolute atomic E-state index is 12.2. The van der Waals surface area contributed by atoms with E-state index in [0.29, 0.717) is 0 Å². The Bertz CT molecular complexity index is 341. The topological polar surface area (TPSA) is 72.9 Å². The van der Waals surface area contributed by atoms with Gasteiger partial charge in [-0.25, -0.2) is 9.59 Å². The molecule has 6 heteroatoms. The number of carboxylic acid groups (broad SMARTS) is 1. The quantitative estimate of drug-likeness (QED) is 0.796. The van der Waals surface area contributed by atoms with Gasteiger partial charge in [-0.1, -0.05) is 20.3 Å². The highest BCUT2D eigenvalue weighted by Gasteiger charge is 2.29. The molecule has 1 aliphatic heterocycles. The smallest absolute Gasteiger partial charge is 0.326 e. The molecule has 0 aliphatic carbocycles. The Kier molecular flexibility index (Phi) is 6.26. The van der Waals surface area contributed by atoms with E-state index in [1.807, 2.05) is 13.8 Å². The Hall–Kier alpha value is -1.30. The number of nitrogens with zero attached hydrogens (tertiary/aromatic N) is 2. The van der Waals surface area contributed by atoms with Gasteiger partial charge in [0.2, 0.25) is 0 Å². The molecule has 0 aromatic rings. The minimum Gasteiger partial charge on any atom is -0.480 e. The first-order valence-electron chi connectivity index (χ1n) is 7.31. The normalized spacial score (nSPS) is 20.2. The van der Waals surface area contributed by atoms with Gasteiger partial charge < -0.3 is 20.2 Å². The van der Waals surface area contributed by atoms with Gasteiger partial charge >= 0.3 is 12.0 Å². The first-order chi connectivity index (χ1) is 9.36. The van der Waals surface area contributed by atoms with Crippen molar-refractivity contribution in [3.63, 3.8) is 0 Å². The van der Waals surface area contributed by atoms with Crippen LogP contribution in [-0.4, -0.2) is 66.2 Å². The Labute approximate surface area is 121 Å². The summed E-state index contributed by atoms with van der Waals surface area (Å²) in [4.78, 5) is 27.3. The lowest BCUT2D eigenvalue weighted by Gasteiger charge is -2.35. The molecule has 1 rings (SSSR count). The van der Waals surface area contributed by atoms with Crippen molar-refractivity contribution in [2.24, 2.45) is 5.92 Å². The molecule has 6 nitrogen and oxygen atoms in total. The highest BCUT2D eigenvalue weighted by molar-refractivity contribution is 5.82. The lowest BCUT2D eigenvalue weighted by Crippen LogP contribution is -2.53. The number of hydrogen-bond acceptors (Lipinski definition) is 3. The summed E-state index contributed by atoms with van der Waals surface area (Å²) in [5, 5.41) is 11.9. The lowest BCUT2D eigenvalue weighted by molar-refractivity contribution is -0.140. The zero-order valence-electron chi connectivity index (χ0n) is 12.9. The van der Waals surface area contributed by atoms with Crippen LogP contribution in [0, 0.1) is 5.92 Å². The molecule has 1 unspecified atom stereocenters. The standard InChI is InChI=1S/C14H27N3O3/c1-5-10(2)12(13(18)19)15-14(20)17(4)11-6-8-16(3)9-7-11/h10-12H,5-9H2,1-4H3,(H,15,20)(H,18,19)/t10?,12-/m0/s1. The van der Waals surface area contributed by atoms with Gasteiger partial charge in [0.05, 0.1) is 0 Å². The van der Waals surface area contributed by atoms with Crippen molar-refractivity contribution in [3.05, 3.63) is 0 Å². The number of hydrogen-bond donors (Lipinski definition) is 2. The molecule has 0 radical (unpaired) electrons. The lowest BCUT2D eigenvalue weighted by atomic mass is 9.99. The summed E-state index contributed by atoms with van der Waals surface area (Å²) >= 11 is 0. The molecule has 116 valence electrons. The number of amides is 2. The SMILES string of the molecule is CCC(C)[C@H](NC(=O)N(C)C1CCN(C)CC1)C(=O)O. The van der Waals surface area contributed by atoms with Gasteiger partial charge in [0.25, 0.3) is 0 Å². The van der Waals surface area contributed by atoms with Gasteiger partial charge in [0.1, 0.15) is 6.04 Å². The van der Waals surface area contributed by atoms with Crippen LogP contribution in [0.3, 0.4) is 0 Å². The molecule has 1 saturated heterocycles. The predicted molar refractivity (Wildman–Crippen MR) is 77.7 cm³/mol. The number of likely N-dealkylation sites (tertiary alicyclic amines) is 1. The summed E-state index contributed by atoms with van der Waals surface area (Å²) in [6.07, 6.45) is 2.58. The average Bonchev–Trinajstić information content (AvgIpc) is 2.43. The maximum atomic E-state index is 12.2. The molecule has 1 aliphatic rings. The molecular formula is C14H27N3O3. The number of urea groups is 1. The molecule has 20 heavy (non-hydrogen) atoms. The molecule has 0 aromatic heterocycles. The van der Waals surface area contributed by atoms with Crippen LogP contribution in [0.5, 0.6) is 0 Å². The number of rotatable bonds is 5. The third kappa shape index (κ3) is 4.37. The number of carbonyl (C=O) groups is 2. The fraction of sp³-hybridized carbons (Fsp3) is 0.857. The van der Waals surface area contributed by atoms with E-state index >= 15 is 0 Å². The number of nitrogens with one attached hydrogen (secondary N) is 1. The molecule has 0 bridgehead atoms. The zero-order valence-corrected chi connectivity index (χ0v) is 12.9. The van der Waals surface area contributed by atoms with E-state index in [-0.39, 0.29) is 18.0 Å². The van der Waals surface area contributed by atoms with Crippen LogP contribution in [0.4, 0.5) is 4.79 Å². The molecular weight excluding hydrogens is 258 g/mol. The molecule has 2 N–H and O–H groups in total. The molecule has 1 fully saturated rings. The Morgan fingerprint density at radius 3 is 2.40 bits per heavy atom. The minimum atomic E-state index is -0.968. The minimum absolute atomic E-state index is 0.0812. The number of piperidine rings is 1. The maximum Gasteiger partial charge on any atom is 0.326 e. The zero-order chi connectivity index (χ0) is 15.3. The third-order valence-corrected chi connectivity index (χ3v) is 4.31. The number of aliphatic carboxylic acids is 1. The summed E-state index contributed by atoms with van der Waals surface area (Å²) in [5.74, 6) is -1.05. The molecule has 2 amide bonds. The largest absolute Gasteiger partial charge is 0.480 e. The van der Waals surface area contributed by atoms with E-state index in [9.17, 15) is 14.7 Å². The summed E-state index contributed by atoms with van der Waals surface area (Å²) in [7, 11) is 3.82. The monoisotopic (exact) mass is 285 g/mol. The van der Waals surface area contributed by atoms with Crippen molar-refractivity contribution >= 4 is 12.0 Å². The number of carboxylic acids is 1. The van der Waals surface area contributed by atoms with Crippen molar-refractivity contribution < 1.29 is 14.7 Å². The molecule has 0 saturated carbocycles. The second kappa shape index (κ2) is 7.47. The van der Waals surface area contributed by atoms with Crippen molar-refractivity contribution in [1.82, 2.24) is 15.1 Å². The van der Waals surface area contributed by atoms with E-state index < -0.39 is 12.0 Å². The second-order valence-corrected chi connectivity index (χ2v) is 5.80. The third-order valence-electron chi connectivity index (χ3n) is 4.31. The van der Waals surface area contributed by atoms with Crippen LogP contribution < -0.4 is 5.32 Å². The van der Waals surface area contributed by atoms with Gasteiger partial charge in [-0.3, -0.25) is 0 Å². The first kappa shape index (κ1) is 16.8. The Balaban J connectivity index is 2.57. The van der Waals surface area contributed by atoms with Crippen LogP contribution in [-0.2, 0) is 4.79 Å². The van der Waals surface area contributed by atoms with E-state index in [0.717, 1.165) is 32.4 Å². The van der Waals surface area contributed by atoms with Crippen LogP contribution in [0.1, 0.15) is 33.1 Å². The number of carbonyl (C=O) groups excluding carboxylic acids is 1. The summed E-state index contributed by atoms with van der Waals surface area (Å²) in [6.45, 7) is 5.70. The van der Waals surface area contributed by atoms with E-state index in [4.69, 9.17) is 0 Å². The van der Waals surface area contributed by atoms with Gasteiger partial charge in [-0.15, -0.1) is 0 Å². The van der Waals surface area contributed by atoms with Crippen molar-refractivity contribution in [3.8, 4) is 0 Å². The van der Waals surface area contributed by atoms with Crippen LogP contribution in [0.2, 0.25) is 0 Å². The van der Waals surface area contributed by atoms with Gasteiger partial charge in [0.15, 0.2) is 0 Å². The summed E-state index contributed by atoms with van der Waals surface area (Å²) in [5.41, 5.74) is 0. The fourth-order valence-corrected chi connectivity index (χ4v) is 2.47. The van der Waals surface area contributed by atoms with Crippen molar-refractivity contribution in [2.75, 3.05) is 27.2 Å². The molecule has 1 heterocycles. The highest BCUT2D eigenvalue weighted by Crippen LogP contribution is 2.15. The van der Waals surface area contributed by atoms with Gasteiger partial charge in [-0.05, 0) is 38.9 Å². The second-order valence-electron chi connectivity index (χ2n) is 5.80. The predicted octanol–water partition coefficient (Wildman–Crippen LogP) is 1.22. The van der Waals surface area contributed by atoms with E-state index in [1.165, 1.54) is 0 Å². The van der Waals surface area contributed by atoms with Crippen molar-refractivity contribution in [1.29, 1.82) is 0 Å². The van der Waals surface area contributed by atoms with E-state index in [1.54, 1.807) is 11.9 Å². The average molecular weight is 285 g/mol.